The molecule has 0 aliphatic carbocycles. The minimum Gasteiger partial charge on any atom is -0.465 e. The number of nitrogens with one attached hydrogen (secondary N) is 1. The van der Waals surface area contributed by atoms with Crippen molar-refractivity contribution in [2.24, 2.45) is 15.8 Å². The lowest BCUT2D eigenvalue weighted by Gasteiger charge is -2.30. The molecule has 2 heterocycles. The van der Waals surface area contributed by atoms with E-state index in [4.69, 9.17) is 24.3 Å². The van der Waals surface area contributed by atoms with Crippen LogP contribution in [0.3, 0.4) is 0 Å². The number of hydrazone groups is 1. The molecule has 184 valence electrons. The third-order valence-electron chi connectivity index (χ3n) is 4.98. The molecule has 1 fully saturated rings. The van der Waals surface area contributed by atoms with E-state index < -0.39 is 14.1 Å². The Hall–Kier alpha value is -2.78. The number of carbonyl (C=O) groups excluding carboxylic acids is 1. The number of nitrogens with two attached hydrogens (primary N) is 1. The summed E-state index contributed by atoms with van der Waals surface area (Å²) in [6, 6.07) is 9.29. The van der Waals surface area contributed by atoms with Crippen molar-refractivity contribution in [3.63, 3.8) is 0 Å². The first-order chi connectivity index (χ1) is 16.3. The topological polar surface area (TPSA) is 120 Å². The molecule has 1 aromatic rings. The van der Waals surface area contributed by atoms with Crippen LogP contribution in [0.2, 0.25) is 0 Å². The Morgan fingerprint density at radius 2 is 2.15 bits per heavy atom. The van der Waals surface area contributed by atoms with Crippen molar-refractivity contribution < 1.29 is 23.3 Å². The smallest absolute Gasteiger partial charge is 0.326 e. The number of hydrogen-bond acceptors (Lipinski definition) is 10. The van der Waals surface area contributed by atoms with Gasteiger partial charge in [0.05, 0.1) is 19.3 Å². The quantitative estimate of drug-likeness (QED) is 0.358. The normalized spacial score (nSPS) is 22.4. The van der Waals surface area contributed by atoms with Crippen molar-refractivity contribution in [3.05, 3.63) is 54.8 Å². The van der Waals surface area contributed by atoms with Gasteiger partial charge in [-0.1, -0.05) is 30.9 Å². The first kappa shape index (κ1) is 25.8. The second kappa shape index (κ2) is 12.1. The van der Waals surface area contributed by atoms with Crippen LogP contribution < -0.4 is 15.3 Å². The highest BCUT2D eigenvalue weighted by Crippen LogP contribution is 2.39. The highest BCUT2D eigenvalue weighted by Gasteiger charge is 2.37. The van der Waals surface area contributed by atoms with Gasteiger partial charge in [0.25, 0.3) is 0 Å². The number of nitrogens with zero attached hydrogens (tertiary/aromatic N) is 3. The van der Waals surface area contributed by atoms with Crippen molar-refractivity contribution >= 4 is 26.7 Å². The molecule has 3 rings (SSSR count). The summed E-state index contributed by atoms with van der Waals surface area (Å²) in [6.45, 7) is 9.50. The summed E-state index contributed by atoms with van der Waals surface area (Å²) in [5, 5.41) is 9.17. The van der Waals surface area contributed by atoms with Gasteiger partial charge in [-0.05, 0) is 51.8 Å². The summed E-state index contributed by atoms with van der Waals surface area (Å²) in [4.78, 5) is 16.4. The number of esters is 1. The van der Waals surface area contributed by atoms with Crippen LogP contribution >= 0.6 is 8.53 Å². The minimum absolute atomic E-state index is 0.192. The largest absolute Gasteiger partial charge is 0.465 e. The third-order valence-corrected chi connectivity index (χ3v) is 6.48. The molecule has 2 aliphatic heterocycles. The van der Waals surface area contributed by atoms with Gasteiger partial charge in [0.2, 0.25) is 0 Å². The number of hydrogen-bond donors (Lipinski definition) is 2. The summed E-state index contributed by atoms with van der Waals surface area (Å²) in [5.74, 6) is 0.592. The molecule has 3 atom stereocenters. The van der Waals surface area contributed by atoms with E-state index >= 15 is 0 Å². The van der Waals surface area contributed by atoms with Gasteiger partial charge in [-0.15, -0.1) is 0 Å². The van der Waals surface area contributed by atoms with E-state index in [-0.39, 0.29) is 31.5 Å². The third kappa shape index (κ3) is 6.87. The van der Waals surface area contributed by atoms with Gasteiger partial charge in [-0.25, -0.2) is 15.1 Å². The van der Waals surface area contributed by atoms with E-state index in [0.717, 1.165) is 12.8 Å². The van der Waals surface area contributed by atoms with Crippen molar-refractivity contribution in [1.82, 2.24) is 10.1 Å². The zero-order chi connectivity index (χ0) is 24.6. The highest BCUT2D eigenvalue weighted by atomic mass is 31.2. The molecular formula is C23H32N5O5P. The Labute approximate surface area is 201 Å². The lowest BCUT2D eigenvalue weighted by Crippen LogP contribution is -2.46. The monoisotopic (exact) mass is 489 g/mol. The van der Waals surface area contributed by atoms with E-state index in [0.29, 0.717) is 17.3 Å². The first-order valence-electron chi connectivity index (χ1n) is 11.1. The lowest BCUT2D eigenvalue weighted by atomic mass is 10.1. The summed E-state index contributed by atoms with van der Waals surface area (Å²) in [5.41, 5.74) is 5.63. The second-order valence-electron chi connectivity index (χ2n) is 8.08. The minimum atomic E-state index is -1.67. The van der Waals surface area contributed by atoms with E-state index in [1.165, 1.54) is 6.34 Å². The Bertz CT molecular complexity index is 937. The predicted octanol–water partition coefficient (Wildman–Crippen LogP) is 3.43. The summed E-state index contributed by atoms with van der Waals surface area (Å²) in [6.07, 6.45) is 5.76. The number of para-hydroxylation sites is 1. The molecule has 3 unspecified atom stereocenters. The molecule has 0 spiro atoms. The molecule has 10 nitrogen and oxygen atoms in total. The summed E-state index contributed by atoms with van der Waals surface area (Å²) in [7, 11) is -1.67. The van der Waals surface area contributed by atoms with Crippen LogP contribution in [0.1, 0.15) is 33.6 Å². The number of aliphatic imine (C=N–C) groups is 1. The number of rotatable bonds is 11. The van der Waals surface area contributed by atoms with Crippen LogP contribution in [0.5, 0.6) is 5.75 Å². The van der Waals surface area contributed by atoms with E-state index in [2.05, 4.69) is 21.8 Å². The van der Waals surface area contributed by atoms with E-state index in [1.54, 1.807) is 37.9 Å². The predicted molar refractivity (Wildman–Crippen MR) is 132 cm³/mol. The Morgan fingerprint density at radius 1 is 1.38 bits per heavy atom. The summed E-state index contributed by atoms with van der Waals surface area (Å²) < 4.78 is 23.5. The summed E-state index contributed by atoms with van der Waals surface area (Å²) >= 11 is 0. The zero-order valence-corrected chi connectivity index (χ0v) is 20.6. The molecule has 34 heavy (non-hydrogen) atoms. The fraction of sp³-hybridized carbons (Fsp3) is 0.435. The molecule has 1 aromatic carbocycles. The van der Waals surface area contributed by atoms with Crippen LogP contribution in [0, 0.1) is 0 Å². The average molecular weight is 490 g/mol. The fourth-order valence-electron chi connectivity index (χ4n) is 3.28. The van der Waals surface area contributed by atoms with Crippen molar-refractivity contribution in [2.45, 2.75) is 51.5 Å². The fourth-order valence-corrected chi connectivity index (χ4v) is 4.60. The molecule has 0 amide bonds. The number of amidine groups is 1. The van der Waals surface area contributed by atoms with Crippen molar-refractivity contribution in [2.75, 3.05) is 13.2 Å². The SMILES string of the molecule is C=C/C=C1/C(N)=NC=NN1C1CCC(COP(NC(C)(C)C(=O)OCC)Oc2ccccc2)O1. The van der Waals surface area contributed by atoms with Gasteiger partial charge in [-0.3, -0.25) is 4.79 Å². The first-order valence-corrected chi connectivity index (χ1v) is 12.3. The number of carbonyl (C=O) groups is 1. The van der Waals surface area contributed by atoms with Gasteiger partial charge in [0.15, 0.2) is 12.1 Å². The van der Waals surface area contributed by atoms with Crippen LogP contribution in [0.15, 0.2) is 64.9 Å². The van der Waals surface area contributed by atoms with E-state index in [9.17, 15) is 4.79 Å². The molecule has 0 aromatic heterocycles. The Balaban J connectivity index is 1.63. The molecular weight excluding hydrogens is 457 g/mol. The molecule has 3 N–H and O–H groups in total. The number of benzene rings is 1. The van der Waals surface area contributed by atoms with Crippen LogP contribution in [-0.4, -0.2) is 54.2 Å². The van der Waals surface area contributed by atoms with Crippen molar-refractivity contribution in [1.29, 1.82) is 0 Å². The van der Waals surface area contributed by atoms with Gasteiger partial charge in [0.1, 0.15) is 23.3 Å². The molecule has 0 bridgehead atoms. The highest BCUT2D eigenvalue weighted by molar-refractivity contribution is 7.45. The van der Waals surface area contributed by atoms with Gasteiger partial charge < -0.3 is 24.3 Å². The average Bonchev–Trinajstić information content (AvgIpc) is 3.28. The Morgan fingerprint density at radius 3 is 2.85 bits per heavy atom. The number of ether oxygens (including phenoxy) is 2. The maximum atomic E-state index is 12.4. The van der Waals surface area contributed by atoms with Crippen molar-refractivity contribution in [3.8, 4) is 5.75 Å². The molecule has 2 aliphatic rings. The van der Waals surface area contributed by atoms with Gasteiger partial charge >= 0.3 is 14.5 Å². The van der Waals surface area contributed by atoms with E-state index in [1.807, 2.05) is 30.3 Å². The van der Waals surface area contributed by atoms with Crippen LogP contribution in [-0.2, 0) is 18.8 Å². The standard InChI is InChI=1S/C23H32N5O5P/c1-5-10-19-21(24)25-16-26-28(19)20-14-13-18(32-20)15-31-34(33-17-11-8-7-9-12-17)27-23(3,4)22(29)30-6-2/h5,7-12,16,18,20,27H,1,6,13-15H2,2-4H3,(H2,24,25,26)/b19-10-. The Kier molecular flexibility index (Phi) is 9.18. The van der Waals surface area contributed by atoms with Crippen LogP contribution in [0.4, 0.5) is 0 Å². The molecule has 11 heteroatoms. The number of allylic oxidation sites excluding steroid dienone is 2. The van der Waals surface area contributed by atoms with Gasteiger partial charge in [-0.2, -0.15) is 5.10 Å². The molecule has 0 saturated carbocycles. The lowest BCUT2D eigenvalue weighted by molar-refractivity contribution is -0.149. The second-order valence-corrected chi connectivity index (χ2v) is 9.26. The molecule has 1 saturated heterocycles. The maximum Gasteiger partial charge on any atom is 0.326 e. The van der Waals surface area contributed by atoms with Crippen LogP contribution in [0.25, 0.3) is 0 Å². The van der Waals surface area contributed by atoms with Gasteiger partial charge in [0, 0.05) is 0 Å². The zero-order valence-electron chi connectivity index (χ0n) is 19.7. The maximum absolute atomic E-state index is 12.4. The molecule has 0 radical (unpaired) electrons.